The molecule has 34 heavy (non-hydrogen) atoms. The molecule has 0 bridgehead atoms. The van der Waals surface area contributed by atoms with Crippen molar-refractivity contribution in [1.82, 2.24) is 10.3 Å². The molecule has 170 valence electrons. The fourth-order valence-electron chi connectivity index (χ4n) is 3.94. The number of halogens is 1. The predicted octanol–water partition coefficient (Wildman–Crippen LogP) is 6.18. The summed E-state index contributed by atoms with van der Waals surface area (Å²) in [5.41, 5.74) is 4.59. The van der Waals surface area contributed by atoms with E-state index in [-0.39, 0.29) is 11.6 Å². The van der Waals surface area contributed by atoms with Crippen LogP contribution >= 0.6 is 11.6 Å². The molecule has 1 unspecified atom stereocenters. The van der Waals surface area contributed by atoms with Gasteiger partial charge in [0.05, 0.1) is 22.8 Å². The van der Waals surface area contributed by atoms with Gasteiger partial charge in [0.15, 0.2) is 0 Å². The number of rotatable bonds is 9. The molecule has 5 nitrogen and oxygen atoms in total. The number of carboxylic acid groups (broad SMARTS) is 1. The molecule has 0 fully saturated rings. The normalized spacial score (nSPS) is 12.0. The number of hydrogen-bond donors (Lipinski definition) is 2. The van der Waals surface area contributed by atoms with Gasteiger partial charge in [-0.2, -0.15) is 0 Å². The average molecular weight is 471 g/mol. The third-order valence-corrected chi connectivity index (χ3v) is 5.89. The highest BCUT2D eigenvalue weighted by atomic mass is 35.5. The van der Waals surface area contributed by atoms with E-state index in [1.165, 1.54) is 0 Å². The zero-order valence-corrected chi connectivity index (χ0v) is 19.1. The Morgan fingerprint density at radius 2 is 1.82 bits per heavy atom. The van der Waals surface area contributed by atoms with Crippen LogP contribution in [0.1, 0.15) is 45.2 Å². The first-order chi connectivity index (χ1) is 16.5. The highest BCUT2D eigenvalue weighted by Crippen LogP contribution is 2.23. The fourth-order valence-corrected chi connectivity index (χ4v) is 4.10. The second kappa shape index (κ2) is 10.8. The van der Waals surface area contributed by atoms with E-state index < -0.39 is 5.97 Å². The van der Waals surface area contributed by atoms with E-state index in [4.69, 9.17) is 11.6 Å². The lowest BCUT2D eigenvalue weighted by Crippen LogP contribution is -2.20. The number of pyridine rings is 1. The predicted molar refractivity (Wildman–Crippen MR) is 136 cm³/mol. The number of nitrogens with one attached hydrogen (secondary N) is 1. The third kappa shape index (κ3) is 5.69. The van der Waals surface area contributed by atoms with Crippen molar-refractivity contribution in [3.8, 4) is 0 Å². The second-order valence-electron chi connectivity index (χ2n) is 7.91. The molecule has 4 aromatic rings. The van der Waals surface area contributed by atoms with Gasteiger partial charge in [0.2, 0.25) is 6.41 Å². The van der Waals surface area contributed by atoms with Crippen molar-refractivity contribution in [3.05, 3.63) is 112 Å². The number of aromatic nitrogens is 1. The maximum atomic E-state index is 11.5. The number of hydrogen-bond acceptors (Lipinski definition) is 3. The molecule has 1 aromatic heterocycles. The Morgan fingerprint density at radius 3 is 2.65 bits per heavy atom. The van der Waals surface area contributed by atoms with E-state index >= 15 is 0 Å². The fraction of sp³-hybridized carbons (Fsp3) is 0.107. The Balaban J connectivity index is 1.52. The van der Waals surface area contributed by atoms with Crippen molar-refractivity contribution in [2.45, 2.75) is 18.9 Å². The summed E-state index contributed by atoms with van der Waals surface area (Å²) in [4.78, 5) is 27.4. The quantitative estimate of drug-likeness (QED) is 0.286. The summed E-state index contributed by atoms with van der Waals surface area (Å²) in [5.74, 6) is -0.952. The minimum atomic E-state index is -0.952. The lowest BCUT2D eigenvalue weighted by Gasteiger charge is -2.18. The summed E-state index contributed by atoms with van der Waals surface area (Å²) in [5, 5.41) is 14.0. The summed E-state index contributed by atoms with van der Waals surface area (Å²) in [6.07, 6.45) is 5.69. The van der Waals surface area contributed by atoms with Crippen molar-refractivity contribution in [2.24, 2.45) is 0 Å². The maximum absolute atomic E-state index is 11.5. The van der Waals surface area contributed by atoms with Crippen molar-refractivity contribution in [2.75, 3.05) is 0 Å². The number of nitrogens with zero attached hydrogens (tertiary/aromatic N) is 1. The van der Waals surface area contributed by atoms with Crippen LogP contribution in [0.4, 0.5) is 0 Å². The van der Waals surface area contributed by atoms with Crippen LogP contribution in [-0.4, -0.2) is 22.5 Å². The molecule has 0 aliphatic carbocycles. The van der Waals surface area contributed by atoms with Gasteiger partial charge in [-0.25, -0.2) is 9.78 Å². The molecule has 1 amide bonds. The number of carbonyl (C=O) groups is 2. The molecule has 2 N–H and O–H groups in total. The van der Waals surface area contributed by atoms with Crippen LogP contribution in [0, 0.1) is 0 Å². The van der Waals surface area contributed by atoms with Crippen molar-refractivity contribution in [1.29, 1.82) is 0 Å². The smallest absolute Gasteiger partial charge is 0.335 e. The number of aromatic carboxylic acids is 1. The summed E-state index contributed by atoms with van der Waals surface area (Å²) >= 11 is 6.09. The zero-order valence-electron chi connectivity index (χ0n) is 18.3. The van der Waals surface area contributed by atoms with Crippen LogP contribution in [0.2, 0.25) is 5.02 Å². The van der Waals surface area contributed by atoms with Gasteiger partial charge in [-0.15, -0.1) is 0 Å². The van der Waals surface area contributed by atoms with Crippen LogP contribution in [-0.2, 0) is 11.2 Å². The second-order valence-corrected chi connectivity index (χ2v) is 8.35. The molecule has 0 saturated heterocycles. The van der Waals surface area contributed by atoms with Gasteiger partial charge in [-0.05, 0) is 65.9 Å². The molecule has 0 spiro atoms. The minimum absolute atomic E-state index is 0.242. The zero-order chi connectivity index (χ0) is 23.9. The molecule has 0 aliphatic rings. The van der Waals surface area contributed by atoms with Gasteiger partial charge >= 0.3 is 5.97 Å². The Kier molecular flexibility index (Phi) is 7.35. The molecular formula is C28H23ClN2O3. The molecule has 0 radical (unpaired) electrons. The minimum Gasteiger partial charge on any atom is -0.478 e. The Hall–Kier alpha value is -3.96. The summed E-state index contributed by atoms with van der Waals surface area (Å²) in [6.45, 7) is 0. The monoisotopic (exact) mass is 470 g/mol. The number of carbonyl (C=O) groups excluding carboxylic acids is 1. The van der Waals surface area contributed by atoms with Crippen LogP contribution < -0.4 is 5.32 Å². The van der Waals surface area contributed by atoms with E-state index in [1.54, 1.807) is 12.1 Å². The molecule has 1 heterocycles. The first kappa shape index (κ1) is 23.2. The molecule has 0 aliphatic heterocycles. The summed E-state index contributed by atoms with van der Waals surface area (Å²) in [6, 6.07) is 24.2. The average Bonchev–Trinajstić information content (AvgIpc) is 2.85. The van der Waals surface area contributed by atoms with Crippen LogP contribution in [0.15, 0.2) is 78.9 Å². The van der Waals surface area contributed by atoms with Gasteiger partial charge < -0.3 is 10.4 Å². The van der Waals surface area contributed by atoms with Gasteiger partial charge in [0.1, 0.15) is 0 Å². The van der Waals surface area contributed by atoms with Crippen LogP contribution in [0.25, 0.3) is 23.1 Å². The first-order valence-electron chi connectivity index (χ1n) is 10.9. The Bertz CT molecular complexity index is 1370. The van der Waals surface area contributed by atoms with Gasteiger partial charge in [0, 0.05) is 10.4 Å². The summed E-state index contributed by atoms with van der Waals surface area (Å²) < 4.78 is 0. The SMILES string of the molecule is O=CNC(CCc1ccccc1C(=O)O)c1cccc(/C=C/c2ccc3ccc(Cl)cc3n2)c1. The van der Waals surface area contributed by atoms with Crippen LogP contribution in [0.3, 0.4) is 0 Å². The lowest BCUT2D eigenvalue weighted by atomic mass is 9.95. The lowest BCUT2D eigenvalue weighted by molar-refractivity contribution is -0.110. The van der Waals surface area contributed by atoms with E-state index in [0.717, 1.165) is 33.3 Å². The van der Waals surface area contributed by atoms with E-state index in [0.29, 0.717) is 24.3 Å². The molecular weight excluding hydrogens is 448 g/mol. The summed E-state index contributed by atoms with van der Waals surface area (Å²) in [7, 11) is 0. The van der Waals surface area contributed by atoms with Gasteiger partial charge in [0.25, 0.3) is 0 Å². The number of aryl methyl sites for hydroxylation is 1. The molecule has 0 saturated carbocycles. The van der Waals surface area contributed by atoms with Crippen LogP contribution in [0.5, 0.6) is 0 Å². The van der Waals surface area contributed by atoms with Gasteiger partial charge in [-0.3, -0.25) is 4.79 Å². The van der Waals surface area contributed by atoms with Crippen molar-refractivity contribution in [3.63, 3.8) is 0 Å². The standard InChI is InChI=1S/C28H23ClN2O3/c29-23-12-9-21-10-14-24(31-27(21)17-23)13-8-19-4-3-6-22(16-19)26(30-18-32)15-11-20-5-1-2-7-25(20)28(33)34/h1-10,12-14,16-18,26H,11,15H2,(H,30,32)(H,33,34)/b13-8+. The van der Waals surface area contributed by atoms with E-state index in [1.807, 2.05) is 78.9 Å². The molecule has 3 aromatic carbocycles. The Morgan fingerprint density at radius 1 is 1.00 bits per heavy atom. The maximum Gasteiger partial charge on any atom is 0.335 e. The third-order valence-electron chi connectivity index (χ3n) is 5.65. The van der Waals surface area contributed by atoms with Gasteiger partial charge in [-0.1, -0.05) is 66.2 Å². The topological polar surface area (TPSA) is 79.3 Å². The van der Waals surface area contributed by atoms with Crippen molar-refractivity contribution < 1.29 is 14.7 Å². The molecule has 6 heteroatoms. The highest BCUT2D eigenvalue weighted by Gasteiger charge is 2.14. The number of carboxylic acids is 1. The number of amides is 1. The van der Waals surface area contributed by atoms with E-state index in [9.17, 15) is 14.7 Å². The molecule has 1 atom stereocenters. The molecule has 4 rings (SSSR count). The Labute approximate surface area is 202 Å². The van der Waals surface area contributed by atoms with E-state index in [2.05, 4.69) is 10.3 Å². The highest BCUT2D eigenvalue weighted by molar-refractivity contribution is 6.31. The number of benzene rings is 3. The largest absolute Gasteiger partial charge is 0.478 e. The first-order valence-corrected chi connectivity index (χ1v) is 11.3. The number of fused-ring (bicyclic) bond motifs is 1. The van der Waals surface area contributed by atoms with Crippen molar-refractivity contribution >= 4 is 47.0 Å².